The van der Waals surface area contributed by atoms with Crippen LogP contribution in [0.5, 0.6) is 0 Å². The third kappa shape index (κ3) is 49.0. The maximum absolute atomic E-state index is 12.8. The molecule has 0 radical (unpaired) electrons. The van der Waals surface area contributed by atoms with Crippen LogP contribution in [-0.4, -0.2) is 37.2 Å². The fourth-order valence-electron chi connectivity index (χ4n) is 8.14. The molecule has 6 heteroatoms. The van der Waals surface area contributed by atoms with E-state index in [9.17, 15) is 14.4 Å². The minimum atomic E-state index is -0.765. The van der Waals surface area contributed by atoms with Crippen LogP contribution in [0, 0.1) is 0 Å². The minimum absolute atomic E-state index is 0.0662. The van der Waals surface area contributed by atoms with Gasteiger partial charge in [-0.05, 0) is 44.9 Å². The summed E-state index contributed by atoms with van der Waals surface area (Å²) in [6, 6.07) is 0. The molecule has 6 nitrogen and oxygen atoms in total. The highest BCUT2D eigenvalue weighted by molar-refractivity contribution is 5.71. The van der Waals surface area contributed by atoms with Gasteiger partial charge in [0.25, 0.3) is 0 Å². The second-order valence-corrected chi connectivity index (χ2v) is 18.5. The molecule has 0 rings (SSSR count). The minimum Gasteiger partial charge on any atom is -0.462 e. The van der Waals surface area contributed by atoms with E-state index in [0.29, 0.717) is 19.3 Å². The Morgan fingerprint density at radius 3 is 0.820 bits per heavy atom. The zero-order chi connectivity index (χ0) is 44.4. The fraction of sp³-hybridized carbons (Fsp3) is 0.909. The van der Waals surface area contributed by atoms with Gasteiger partial charge in [0.15, 0.2) is 6.10 Å². The predicted octanol–water partition coefficient (Wildman–Crippen LogP) is 17.8. The predicted molar refractivity (Wildman–Crippen MR) is 261 cm³/mol. The van der Waals surface area contributed by atoms with Gasteiger partial charge in [0, 0.05) is 19.3 Å². The molecule has 0 heterocycles. The first kappa shape index (κ1) is 59.1. The molecule has 0 aromatic heterocycles. The van der Waals surface area contributed by atoms with Crippen molar-refractivity contribution in [3.05, 3.63) is 12.2 Å². The molecule has 0 fully saturated rings. The highest BCUT2D eigenvalue weighted by Gasteiger charge is 2.19. The van der Waals surface area contributed by atoms with Crippen LogP contribution >= 0.6 is 0 Å². The van der Waals surface area contributed by atoms with Gasteiger partial charge in [0.1, 0.15) is 13.2 Å². The number of carbonyl (C=O) groups is 3. The summed E-state index contributed by atoms with van der Waals surface area (Å²) < 4.78 is 16.8. The van der Waals surface area contributed by atoms with Gasteiger partial charge in [-0.2, -0.15) is 0 Å². The molecule has 0 aliphatic rings. The van der Waals surface area contributed by atoms with Gasteiger partial charge < -0.3 is 14.2 Å². The second-order valence-electron chi connectivity index (χ2n) is 18.5. The van der Waals surface area contributed by atoms with Gasteiger partial charge in [0.05, 0.1) is 0 Å². The van der Waals surface area contributed by atoms with E-state index in [1.807, 2.05) is 0 Å². The largest absolute Gasteiger partial charge is 0.462 e. The third-order valence-electron chi connectivity index (χ3n) is 12.3. The molecular weight excluding hydrogens is 757 g/mol. The number of hydrogen-bond donors (Lipinski definition) is 0. The van der Waals surface area contributed by atoms with Crippen molar-refractivity contribution in [2.24, 2.45) is 0 Å². The average molecular weight is 861 g/mol. The summed E-state index contributed by atoms with van der Waals surface area (Å²) in [5.41, 5.74) is 0. The maximum atomic E-state index is 12.8. The zero-order valence-electron chi connectivity index (χ0n) is 41.2. The van der Waals surface area contributed by atoms with Gasteiger partial charge >= 0.3 is 17.9 Å². The molecule has 360 valence electrons. The lowest BCUT2D eigenvalue weighted by Gasteiger charge is -2.18. The Labute approximate surface area is 380 Å². The first-order valence-corrected chi connectivity index (χ1v) is 27.2. The normalized spacial score (nSPS) is 12.0. The lowest BCUT2D eigenvalue weighted by atomic mass is 10.0. The molecule has 0 saturated carbocycles. The Morgan fingerprint density at radius 2 is 0.541 bits per heavy atom. The van der Waals surface area contributed by atoms with Crippen LogP contribution in [0.15, 0.2) is 12.2 Å². The number of rotatable bonds is 50. The quantitative estimate of drug-likeness (QED) is 0.0262. The molecule has 0 bridgehead atoms. The summed E-state index contributed by atoms with van der Waals surface area (Å²) in [4.78, 5) is 38.0. The van der Waals surface area contributed by atoms with Crippen LogP contribution in [0.25, 0.3) is 0 Å². The summed E-state index contributed by atoms with van der Waals surface area (Å²) in [5.74, 6) is -0.852. The van der Waals surface area contributed by atoms with Crippen molar-refractivity contribution in [2.75, 3.05) is 13.2 Å². The van der Waals surface area contributed by atoms with Crippen LogP contribution < -0.4 is 0 Å². The van der Waals surface area contributed by atoms with Crippen LogP contribution in [0.3, 0.4) is 0 Å². The summed E-state index contributed by atoms with van der Waals surface area (Å²) in [7, 11) is 0. The van der Waals surface area contributed by atoms with Crippen molar-refractivity contribution >= 4 is 17.9 Å². The van der Waals surface area contributed by atoms with E-state index in [0.717, 1.165) is 57.8 Å². The van der Waals surface area contributed by atoms with Gasteiger partial charge in [-0.3, -0.25) is 14.4 Å². The number of hydrogen-bond acceptors (Lipinski definition) is 6. The summed E-state index contributed by atoms with van der Waals surface area (Å²) in [6.07, 6.45) is 56.2. The highest BCUT2D eigenvalue weighted by Crippen LogP contribution is 2.16. The average Bonchev–Trinajstić information content (AvgIpc) is 3.26. The van der Waals surface area contributed by atoms with E-state index >= 15 is 0 Å². The first-order chi connectivity index (χ1) is 30.0. The van der Waals surface area contributed by atoms with Crippen molar-refractivity contribution in [2.45, 2.75) is 309 Å². The van der Waals surface area contributed by atoms with Gasteiger partial charge in [-0.15, -0.1) is 0 Å². The van der Waals surface area contributed by atoms with Crippen LogP contribution in [0.2, 0.25) is 0 Å². The number of esters is 3. The topological polar surface area (TPSA) is 78.9 Å². The number of ether oxygens (including phenoxy) is 3. The van der Waals surface area contributed by atoms with Crippen LogP contribution in [-0.2, 0) is 28.6 Å². The van der Waals surface area contributed by atoms with E-state index in [1.165, 1.54) is 205 Å². The smallest absolute Gasteiger partial charge is 0.306 e. The molecule has 0 amide bonds. The molecule has 1 atom stereocenters. The van der Waals surface area contributed by atoms with Gasteiger partial charge in [0.2, 0.25) is 0 Å². The number of allylic oxidation sites excluding steroid dienone is 2. The van der Waals surface area contributed by atoms with Gasteiger partial charge in [-0.25, -0.2) is 0 Å². The first-order valence-electron chi connectivity index (χ1n) is 27.2. The Bertz CT molecular complexity index is 947. The van der Waals surface area contributed by atoms with E-state index in [2.05, 4.69) is 32.9 Å². The summed E-state index contributed by atoms with van der Waals surface area (Å²) >= 11 is 0. The second kappa shape index (κ2) is 50.8. The van der Waals surface area contributed by atoms with Crippen molar-refractivity contribution in [3.63, 3.8) is 0 Å². The van der Waals surface area contributed by atoms with Crippen molar-refractivity contribution in [1.29, 1.82) is 0 Å². The molecule has 0 saturated heterocycles. The monoisotopic (exact) mass is 861 g/mol. The van der Waals surface area contributed by atoms with Crippen molar-refractivity contribution in [3.8, 4) is 0 Å². The molecule has 0 aliphatic carbocycles. The molecule has 0 spiro atoms. The van der Waals surface area contributed by atoms with Crippen molar-refractivity contribution < 1.29 is 28.6 Å². The standard InChI is InChI=1S/C55H104O6/c1-4-7-10-13-16-19-22-24-26-27-29-31-34-37-40-43-46-49-55(58)61-52(50-59-53(56)47-44-41-38-35-32-21-18-15-12-9-6-3)51-60-54(57)48-45-42-39-36-33-30-28-25-23-20-17-14-11-8-5-2/h24,26,52H,4-23,25,27-51H2,1-3H3/b26-24-/t52-/m0/s1. The van der Waals surface area contributed by atoms with Crippen LogP contribution in [0.1, 0.15) is 303 Å². The molecule has 0 aromatic rings. The molecular formula is C55H104O6. The van der Waals surface area contributed by atoms with E-state index in [1.54, 1.807) is 0 Å². The van der Waals surface area contributed by atoms with Crippen molar-refractivity contribution in [1.82, 2.24) is 0 Å². The van der Waals surface area contributed by atoms with E-state index in [4.69, 9.17) is 14.2 Å². The number of carbonyl (C=O) groups excluding carboxylic acids is 3. The van der Waals surface area contributed by atoms with Crippen LogP contribution in [0.4, 0.5) is 0 Å². The molecule has 61 heavy (non-hydrogen) atoms. The Kier molecular flexibility index (Phi) is 49.3. The molecule has 0 aromatic carbocycles. The summed E-state index contributed by atoms with van der Waals surface area (Å²) in [6.45, 7) is 6.67. The maximum Gasteiger partial charge on any atom is 0.306 e. The third-order valence-corrected chi connectivity index (χ3v) is 12.3. The Morgan fingerprint density at radius 1 is 0.311 bits per heavy atom. The zero-order valence-corrected chi connectivity index (χ0v) is 41.2. The fourth-order valence-corrected chi connectivity index (χ4v) is 8.14. The Balaban J connectivity index is 4.31. The van der Waals surface area contributed by atoms with Gasteiger partial charge in [-0.1, -0.05) is 251 Å². The van der Waals surface area contributed by atoms with E-state index in [-0.39, 0.29) is 31.1 Å². The molecule has 0 aliphatic heterocycles. The Hall–Kier alpha value is -1.85. The summed E-state index contributed by atoms with van der Waals surface area (Å²) in [5, 5.41) is 0. The molecule has 0 N–H and O–H groups in total. The van der Waals surface area contributed by atoms with E-state index < -0.39 is 6.10 Å². The lowest BCUT2D eigenvalue weighted by Crippen LogP contribution is -2.30. The number of unbranched alkanes of at least 4 members (excludes halogenated alkanes) is 37. The lowest BCUT2D eigenvalue weighted by molar-refractivity contribution is -0.167. The SMILES string of the molecule is CCCCCCCC/C=C\CCCCCCCCCC(=O)O[C@@H](COC(=O)CCCCCCCCCCCCC)COC(=O)CCCCCCCCCCCCCCCCC. The highest BCUT2D eigenvalue weighted by atomic mass is 16.6. The molecule has 0 unspecified atom stereocenters.